The van der Waals surface area contributed by atoms with Gasteiger partial charge in [0, 0.05) is 13.0 Å². The van der Waals surface area contributed by atoms with Gasteiger partial charge < -0.3 is 10.5 Å². The molecule has 1 aliphatic carbocycles. The van der Waals surface area contributed by atoms with Gasteiger partial charge >= 0.3 is 0 Å². The Morgan fingerprint density at radius 2 is 2.10 bits per heavy atom. The molecule has 1 aromatic rings. The normalized spacial score (nSPS) is 18.0. The van der Waals surface area contributed by atoms with E-state index >= 15 is 0 Å². The van der Waals surface area contributed by atoms with Crippen LogP contribution in [0.3, 0.4) is 0 Å². The molecule has 1 unspecified atom stereocenters. The number of carbonyl (C=O) groups is 1. The van der Waals surface area contributed by atoms with Gasteiger partial charge in [0.05, 0.1) is 6.10 Å². The Bertz CT molecular complexity index is 445. The van der Waals surface area contributed by atoms with Crippen molar-refractivity contribution in [1.29, 1.82) is 0 Å². The third-order valence-corrected chi connectivity index (χ3v) is 4.25. The summed E-state index contributed by atoms with van der Waals surface area (Å²) in [6, 6.07) is 9.73. The van der Waals surface area contributed by atoms with E-state index in [1.54, 1.807) is 0 Å². The Hall–Kier alpha value is -1.39. The molecule has 4 heteroatoms. The van der Waals surface area contributed by atoms with Crippen LogP contribution in [-0.4, -0.2) is 25.2 Å². The highest BCUT2D eigenvalue weighted by Crippen LogP contribution is 2.27. The monoisotopic (exact) mass is 290 g/mol. The SMILES string of the molecule is CCCNC(CCOC1CCC1)(C(N)=O)c1ccccc1. The van der Waals surface area contributed by atoms with Crippen LogP contribution in [0.5, 0.6) is 0 Å². The van der Waals surface area contributed by atoms with Crippen LogP contribution < -0.4 is 11.1 Å². The molecule has 1 saturated carbocycles. The second-order valence-electron chi connectivity index (χ2n) is 5.74. The predicted octanol–water partition coefficient (Wildman–Crippen LogP) is 2.33. The molecule has 1 aliphatic rings. The fourth-order valence-electron chi connectivity index (χ4n) is 2.66. The van der Waals surface area contributed by atoms with Crippen molar-refractivity contribution in [2.45, 2.75) is 50.7 Å². The lowest BCUT2D eigenvalue weighted by Crippen LogP contribution is -2.53. The summed E-state index contributed by atoms with van der Waals surface area (Å²) in [5, 5.41) is 3.35. The maximum Gasteiger partial charge on any atom is 0.242 e. The quantitative estimate of drug-likeness (QED) is 0.733. The van der Waals surface area contributed by atoms with Crippen molar-refractivity contribution in [2.75, 3.05) is 13.2 Å². The smallest absolute Gasteiger partial charge is 0.242 e. The van der Waals surface area contributed by atoms with E-state index in [2.05, 4.69) is 12.2 Å². The molecule has 0 aliphatic heterocycles. The zero-order valence-electron chi connectivity index (χ0n) is 12.8. The van der Waals surface area contributed by atoms with E-state index in [1.807, 2.05) is 30.3 Å². The number of primary amides is 1. The van der Waals surface area contributed by atoms with Gasteiger partial charge in [0.1, 0.15) is 5.54 Å². The van der Waals surface area contributed by atoms with Crippen molar-refractivity contribution in [1.82, 2.24) is 5.32 Å². The summed E-state index contributed by atoms with van der Waals surface area (Å²) in [6.07, 6.45) is 5.42. The van der Waals surface area contributed by atoms with Gasteiger partial charge in [-0.1, -0.05) is 37.3 Å². The van der Waals surface area contributed by atoms with Crippen molar-refractivity contribution in [3.05, 3.63) is 35.9 Å². The fourth-order valence-corrected chi connectivity index (χ4v) is 2.66. The molecule has 0 spiro atoms. The zero-order valence-corrected chi connectivity index (χ0v) is 12.8. The first-order valence-electron chi connectivity index (χ1n) is 7.91. The Morgan fingerprint density at radius 1 is 1.38 bits per heavy atom. The highest BCUT2D eigenvalue weighted by Gasteiger charge is 2.37. The van der Waals surface area contributed by atoms with Crippen molar-refractivity contribution in [3.8, 4) is 0 Å². The highest BCUT2D eigenvalue weighted by molar-refractivity contribution is 5.86. The number of nitrogens with two attached hydrogens (primary N) is 1. The number of hydrogen-bond donors (Lipinski definition) is 2. The van der Waals surface area contributed by atoms with E-state index in [0.717, 1.165) is 31.4 Å². The number of nitrogens with one attached hydrogen (secondary N) is 1. The number of benzene rings is 1. The lowest BCUT2D eigenvalue weighted by molar-refractivity contribution is -0.126. The van der Waals surface area contributed by atoms with Gasteiger partial charge in [0.15, 0.2) is 0 Å². The molecule has 1 fully saturated rings. The van der Waals surface area contributed by atoms with Crippen molar-refractivity contribution >= 4 is 5.91 Å². The summed E-state index contributed by atoms with van der Waals surface area (Å²) in [6.45, 7) is 3.38. The van der Waals surface area contributed by atoms with Gasteiger partial charge in [-0.15, -0.1) is 0 Å². The van der Waals surface area contributed by atoms with Gasteiger partial charge in [-0.2, -0.15) is 0 Å². The topological polar surface area (TPSA) is 64.3 Å². The molecule has 0 bridgehead atoms. The van der Waals surface area contributed by atoms with Crippen LogP contribution in [0.25, 0.3) is 0 Å². The van der Waals surface area contributed by atoms with Gasteiger partial charge in [-0.3, -0.25) is 10.1 Å². The molecule has 21 heavy (non-hydrogen) atoms. The average molecular weight is 290 g/mol. The first kappa shape index (κ1) is 16.0. The Kier molecular flexibility index (Phi) is 5.76. The predicted molar refractivity (Wildman–Crippen MR) is 83.8 cm³/mol. The lowest BCUT2D eigenvalue weighted by atomic mass is 9.85. The third kappa shape index (κ3) is 3.83. The molecule has 116 valence electrons. The lowest BCUT2D eigenvalue weighted by Gasteiger charge is -2.34. The van der Waals surface area contributed by atoms with E-state index in [4.69, 9.17) is 10.5 Å². The number of hydrogen-bond acceptors (Lipinski definition) is 3. The molecule has 0 radical (unpaired) electrons. The summed E-state index contributed by atoms with van der Waals surface area (Å²) in [7, 11) is 0. The molecule has 0 aromatic heterocycles. The Balaban J connectivity index is 2.11. The minimum Gasteiger partial charge on any atom is -0.378 e. The van der Waals surface area contributed by atoms with Crippen molar-refractivity contribution in [3.63, 3.8) is 0 Å². The summed E-state index contributed by atoms with van der Waals surface area (Å²) >= 11 is 0. The van der Waals surface area contributed by atoms with E-state index in [9.17, 15) is 4.79 Å². The standard InChI is InChI=1S/C17H26N2O2/c1-2-12-19-17(16(18)20,14-7-4-3-5-8-14)11-13-21-15-9-6-10-15/h3-5,7-8,15,19H,2,6,9-13H2,1H3,(H2,18,20). The van der Waals surface area contributed by atoms with Crippen LogP contribution in [-0.2, 0) is 15.1 Å². The highest BCUT2D eigenvalue weighted by atomic mass is 16.5. The molecule has 0 heterocycles. The molecule has 4 nitrogen and oxygen atoms in total. The van der Waals surface area contributed by atoms with Gasteiger partial charge in [0.25, 0.3) is 0 Å². The van der Waals surface area contributed by atoms with Gasteiger partial charge in [-0.25, -0.2) is 0 Å². The molecular formula is C17H26N2O2. The Morgan fingerprint density at radius 3 is 2.62 bits per heavy atom. The third-order valence-electron chi connectivity index (χ3n) is 4.25. The van der Waals surface area contributed by atoms with E-state index in [0.29, 0.717) is 19.1 Å². The number of ether oxygens (including phenoxy) is 1. The molecule has 1 amide bonds. The molecule has 1 aromatic carbocycles. The second kappa shape index (κ2) is 7.57. The molecule has 2 rings (SSSR count). The Labute approximate surface area is 127 Å². The molecule has 3 N–H and O–H groups in total. The first-order valence-corrected chi connectivity index (χ1v) is 7.91. The summed E-state index contributed by atoms with van der Waals surface area (Å²) in [5.41, 5.74) is 5.84. The van der Waals surface area contributed by atoms with E-state index < -0.39 is 5.54 Å². The van der Waals surface area contributed by atoms with Gasteiger partial charge in [-0.05, 0) is 37.8 Å². The molecule has 0 saturated heterocycles. The number of rotatable bonds is 9. The maximum absolute atomic E-state index is 12.2. The van der Waals surface area contributed by atoms with Crippen LogP contribution in [0.2, 0.25) is 0 Å². The fraction of sp³-hybridized carbons (Fsp3) is 0.588. The van der Waals surface area contributed by atoms with Crippen molar-refractivity contribution in [2.24, 2.45) is 5.73 Å². The summed E-state index contributed by atoms with van der Waals surface area (Å²) in [5.74, 6) is -0.334. The minimum absolute atomic E-state index is 0.334. The second-order valence-corrected chi connectivity index (χ2v) is 5.74. The molecule has 1 atom stereocenters. The van der Waals surface area contributed by atoms with Crippen LogP contribution in [0.4, 0.5) is 0 Å². The van der Waals surface area contributed by atoms with Gasteiger partial charge in [0.2, 0.25) is 5.91 Å². The van der Waals surface area contributed by atoms with Crippen LogP contribution in [0.15, 0.2) is 30.3 Å². The summed E-state index contributed by atoms with van der Waals surface area (Å²) < 4.78 is 5.84. The van der Waals surface area contributed by atoms with E-state index in [1.165, 1.54) is 6.42 Å². The first-order chi connectivity index (χ1) is 10.2. The van der Waals surface area contributed by atoms with E-state index in [-0.39, 0.29) is 5.91 Å². The minimum atomic E-state index is -0.832. The summed E-state index contributed by atoms with van der Waals surface area (Å²) in [4.78, 5) is 12.2. The largest absolute Gasteiger partial charge is 0.378 e. The van der Waals surface area contributed by atoms with Crippen LogP contribution >= 0.6 is 0 Å². The van der Waals surface area contributed by atoms with Crippen LogP contribution in [0, 0.1) is 0 Å². The van der Waals surface area contributed by atoms with Crippen LogP contribution in [0.1, 0.15) is 44.6 Å². The van der Waals surface area contributed by atoms with Crippen molar-refractivity contribution < 1.29 is 9.53 Å². The number of amides is 1. The number of carbonyl (C=O) groups excluding carboxylic acids is 1. The maximum atomic E-state index is 12.2. The zero-order chi connectivity index (χ0) is 15.1. The molecular weight excluding hydrogens is 264 g/mol. The average Bonchev–Trinajstić information content (AvgIpc) is 2.45.